The predicted molar refractivity (Wildman–Crippen MR) is 72.7 cm³/mol. The molecule has 0 amide bonds. The zero-order chi connectivity index (χ0) is 12.1. The first-order chi connectivity index (χ1) is 8.83. The molecule has 18 heavy (non-hydrogen) atoms. The molecule has 3 nitrogen and oxygen atoms in total. The van der Waals surface area contributed by atoms with Gasteiger partial charge in [0.25, 0.3) is 0 Å². The highest BCUT2D eigenvalue weighted by Crippen LogP contribution is 2.45. The molecule has 0 N–H and O–H groups in total. The Balaban J connectivity index is 2.14. The van der Waals surface area contributed by atoms with Crippen LogP contribution >= 0.6 is 22.7 Å². The van der Waals surface area contributed by atoms with E-state index in [-0.39, 0.29) is 4.87 Å². The SMILES string of the molecule is O=c1nc2scc3c(c-2s1)-c1ccccc1OC3. The Morgan fingerprint density at radius 3 is 3.11 bits per heavy atom. The van der Waals surface area contributed by atoms with E-state index in [4.69, 9.17) is 4.74 Å². The van der Waals surface area contributed by atoms with Crippen LogP contribution in [0.25, 0.3) is 21.0 Å². The van der Waals surface area contributed by atoms with Gasteiger partial charge in [-0.25, -0.2) is 0 Å². The highest BCUT2D eigenvalue weighted by Gasteiger charge is 2.24. The number of benzene rings is 1. The Labute approximate surface area is 111 Å². The quantitative estimate of drug-likeness (QED) is 0.631. The predicted octanol–water partition coefficient (Wildman–Crippen LogP) is 3.23. The molecule has 3 aliphatic heterocycles. The number of fused-ring (bicyclic) bond motifs is 5. The molecule has 0 unspecified atom stereocenters. The van der Waals surface area contributed by atoms with Gasteiger partial charge in [0, 0.05) is 22.1 Å². The Morgan fingerprint density at radius 2 is 2.17 bits per heavy atom. The molecular weight excluding hydrogens is 266 g/mol. The number of hydrogen-bond donors (Lipinski definition) is 0. The first kappa shape index (κ1) is 10.2. The first-order valence-corrected chi connectivity index (χ1v) is 7.16. The molecule has 0 atom stereocenters. The second kappa shape index (κ2) is 3.63. The summed E-state index contributed by atoms with van der Waals surface area (Å²) in [5.74, 6) is 0.878. The van der Waals surface area contributed by atoms with Crippen molar-refractivity contribution in [3.8, 4) is 26.8 Å². The van der Waals surface area contributed by atoms with E-state index in [2.05, 4.69) is 4.98 Å². The molecule has 0 spiro atoms. The summed E-state index contributed by atoms with van der Waals surface area (Å²) in [6.07, 6.45) is 0. The summed E-state index contributed by atoms with van der Waals surface area (Å²) < 4.78 is 5.72. The third-order valence-corrected chi connectivity index (χ3v) is 4.89. The van der Waals surface area contributed by atoms with Crippen LogP contribution in [0.5, 0.6) is 5.75 Å². The molecular formula is C13H7NO2S2. The Hall–Kier alpha value is -1.72. The first-order valence-electron chi connectivity index (χ1n) is 5.46. The molecule has 1 aromatic rings. The lowest BCUT2D eigenvalue weighted by molar-refractivity contribution is 0.303. The van der Waals surface area contributed by atoms with Crippen molar-refractivity contribution < 1.29 is 4.74 Å². The second-order valence-electron chi connectivity index (χ2n) is 4.03. The minimum absolute atomic E-state index is 0.126. The molecule has 0 aliphatic carbocycles. The summed E-state index contributed by atoms with van der Waals surface area (Å²) in [4.78, 5) is 16.4. The van der Waals surface area contributed by atoms with Crippen LogP contribution in [0.4, 0.5) is 0 Å². The molecule has 5 heteroatoms. The molecule has 3 heterocycles. The van der Waals surface area contributed by atoms with Crippen molar-refractivity contribution in [3.05, 3.63) is 44.9 Å². The van der Waals surface area contributed by atoms with E-state index in [1.54, 1.807) is 0 Å². The van der Waals surface area contributed by atoms with Gasteiger partial charge in [0.15, 0.2) is 0 Å². The molecule has 0 aromatic heterocycles. The molecule has 4 rings (SSSR count). The number of rotatable bonds is 0. The molecule has 0 bridgehead atoms. The van der Waals surface area contributed by atoms with Crippen molar-refractivity contribution in [2.75, 3.05) is 0 Å². The highest BCUT2D eigenvalue weighted by atomic mass is 32.1. The lowest BCUT2D eigenvalue weighted by Gasteiger charge is -2.21. The maximum Gasteiger partial charge on any atom is 0.328 e. The molecule has 0 fully saturated rings. The van der Waals surface area contributed by atoms with E-state index in [0.29, 0.717) is 6.61 Å². The summed E-state index contributed by atoms with van der Waals surface area (Å²) in [5.41, 5.74) is 3.31. The van der Waals surface area contributed by atoms with Gasteiger partial charge in [0.05, 0.1) is 4.88 Å². The van der Waals surface area contributed by atoms with Gasteiger partial charge in [-0.2, -0.15) is 4.98 Å². The van der Waals surface area contributed by atoms with Gasteiger partial charge >= 0.3 is 4.87 Å². The molecule has 0 radical (unpaired) electrons. The van der Waals surface area contributed by atoms with Gasteiger partial charge in [-0.05, 0) is 6.07 Å². The summed E-state index contributed by atoms with van der Waals surface area (Å²) in [6.45, 7) is 0.560. The number of hydrogen-bond acceptors (Lipinski definition) is 5. The van der Waals surface area contributed by atoms with Gasteiger partial charge in [-0.3, -0.25) is 4.79 Å². The van der Waals surface area contributed by atoms with Crippen LogP contribution in [0.15, 0.2) is 34.4 Å². The third kappa shape index (κ3) is 1.34. The molecule has 0 saturated heterocycles. The number of ether oxygens (including phenoxy) is 1. The van der Waals surface area contributed by atoms with Crippen molar-refractivity contribution in [3.63, 3.8) is 0 Å². The fourth-order valence-corrected chi connectivity index (χ4v) is 4.11. The molecule has 0 saturated carbocycles. The second-order valence-corrected chi connectivity index (χ2v) is 5.85. The average molecular weight is 273 g/mol. The van der Waals surface area contributed by atoms with Gasteiger partial charge in [-0.15, -0.1) is 11.3 Å². The summed E-state index contributed by atoms with van der Waals surface area (Å²) in [7, 11) is 0. The number of nitrogens with zero attached hydrogens (tertiary/aromatic N) is 1. The van der Waals surface area contributed by atoms with Crippen LogP contribution in [0.1, 0.15) is 5.56 Å². The van der Waals surface area contributed by atoms with Crippen molar-refractivity contribution in [1.82, 2.24) is 4.98 Å². The molecule has 1 aromatic carbocycles. The van der Waals surface area contributed by atoms with Crippen LogP contribution in [-0.2, 0) is 6.61 Å². The van der Waals surface area contributed by atoms with E-state index in [1.807, 2.05) is 29.6 Å². The minimum Gasteiger partial charge on any atom is -0.488 e. The lowest BCUT2D eigenvalue weighted by Crippen LogP contribution is -2.05. The van der Waals surface area contributed by atoms with Crippen LogP contribution < -0.4 is 9.61 Å². The monoisotopic (exact) mass is 273 g/mol. The summed E-state index contributed by atoms with van der Waals surface area (Å²) in [5, 5.41) is 2.85. The smallest absolute Gasteiger partial charge is 0.328 e. The van der Waals surface area contributed by atoms with Crippen molar-refractivity contribution in [2.24, 2.45) is 0 Å². The molecule has 3 aliphatic rings. The van der Waals surface area contributed by atoms with E-state index in [9.17, 15) is 4.79 Å². The zero-order valence-corrected chi connectivity index (χ0v) is 10.8. The standard InChI is InChI=1S/C13H7NO2S2/c15-13-14-12-11(18-13)10-7(6-17-12)5-16-9-4-2-1-3-8(9)10/h1-4,6H,5H2. The Kier molecular flexibility index (Phi) is 2.06. The lowest BCUT2D eigenvalue weighted by atomic mass is 9.99. The largest absolute Gasteiger partial charge is 0.488 e. The normalized spacial score (nSPS) is 12.9. The maximum atomic E-state index is 11.5. The Bertz CT molecular complexity index is 775. The van der Waals surface area contributed by atoms with Crippen LogP contribution in [0, 0.1) is 0 Å². The number of thiazole rings is 1. The van der Waals surface area contributed by atoms with Crippen molar-refractivity contribution >= 4 is 22.7 Å². The average Bonchev–Trinajstić information content (AvgIpc) is 2.78. The van der Waals surface area contributed by atoms with E-state index in [0.717, 1.165) is 32.3 Å². The van der Waals surface area contributed by atoms with Gasteiger partial charge in [0.2, 0.25) is 0 Å². The summed E-state index contributed by atoms with van der Waals surface area (Å²) in [6, 6.07) is 7.93. The van der Waals surface area contributed by atoms with Crippen LogP contribution in [0.3, 0.4) is 0 Å². The Morgan fingerprint density at radius 1 is 1.28 bits per heavy atom. The van der Waals surface area contributed by atoms with E-state index < -0.39 is 0 Å². The summed E-state index contributed by atoms with van der Waals surface area (Å²) >= 11 is 2.72. The van der Waals surface area contributed by atoms with E-state index >= 15 is 0 Å². The fourth-order valence-electron chi connectivity index (χ4n) is 2.21. The van der Waals surface area contributed by atoms with Gasteiger partial charge < -0.3 is 4.74 Å². The van der Waals surface area contributed by atoms with Gasteiger partial charge in [-0.1, -0.05) is 29.5 Å². The van der Waals surface area contributed by atoms with Gasteiger partial charge in [0.1, 0.15) is 17.4 Å². The topological polar surface area (TPSA) is 39.2 Å². The number of para-hydroxylation sites is 1. The maximum absolute atomic E-state index is 11.5. The number of aromatic nitrogens is 1. The van der Waals surface area contributed by atoms with Crippen molar-refractivity contribution in [2.45, 2.75) is 6.61 Å². The minimum atomic E-state index is -0.126. The zero-order valence-electron chi connectivity index (χ0n) is 9.17. The van der Waals surface area contributed by atoms with Crippen molar-refractivity contribution in [1.29, 1.82) is 0 Å². The fraction of sp³-hybridized carbons (Fsp3) is 0.0769. The van der Waals surface area contributed by atoms with E-state index in [1.165, 1.54) is 22.7 Å². The van der Waals surface area contributed by atoms with Crippen LogP contribution in [-0.4, -0.2) is 4.98 Å². The third-order valence-electron chi connectivity index (χ3n) is 2.98. The van der Waals surface area contributed by atoms with Crippen LogP contribution in [0.2, 0.25) is 0 Å². The molecule has 88 valence electrons. The highest BCUT2D eigenvalue weighted by molar-refractivity contribution is 7.21.